The van der Waals surface area contributed by atoms with E-state index in [-0.39, 0.29) is 11.6 Å². The highest BCUT2D eigenvalue weighted by atomic mass is 16.1. The first-order chi connectivity index (χ1) is 6.59. The van der Waals surface area contributed by atoms with E-state index < -0.39 is 0 Å². The molecule has 2 rings (SSSR count). The van der Waals surface area contributed by atoms with Gasteiger partial charge in [0.1, 0.15) is 0 Å². The van der Waals surface area contributed by atoms with Crippen molar-refractivity contribution in [1.82, 2.24) is 9.78 Å². The van der Waals surface area contributed by atoms with Crippen LogP contribution in [0.3, 0.4) is 0 Å². The van der Waals surface area contributed by atoms with E-state index in [1.807, 2.05) is 25.1 Å². The van der Waals surface area contributed by atoms with Crippen LogP contribution < -0.4 is 11.3 Å². The Balaban J connectivity index is 2.74. The maximum atomic E-state index is 11.5. The molecule has 4 nitrogen and oxygen atoms in total. The Bertz CT molecular complexity index is 522. The standard InChI is InChI=1S/C10H13N3O/c1-6(11)7-3-4-8-9(5-7)12-13(2)10(8)14/h3-6,12H,11H2,1-2H3. The number of fused-ring (bicyclic) bond motifs is 1. The van der Waals surface area contributed by atoms with Gasteiger partial charge in [-0.05, 0) is 24.6 Å². The number of aryl methyl sites for hydroxylation is 1. The van der Waals surface area contributed by atoms with Crippen LogP contribution in [0.4, 0.5) is 0 Å². The first-order valence-corrected chi connectivity index (χ1v) is 4.54. The molecule has 1 aromatic heterocycles. The lowest BCUT2D eigenvalue weighted by atomic mass is 10.1. The predicted octanol–water partition coefficient (Wildman–Crippen LogP) is 0.886. The maximum absolute atomic E-state index is 11.5. The zero-order valence-corrected chi connectivity index (χ0v) is 8.24. The summed E-state index contributed by atoms with van der Waals surface area (Å²) in [6.45, 7) is 1.92. The van der Waals surface area contributed by atoms with Crippen LogP contribution in [0.2, 0.25) is 0 Å². The number of rotatable bonds is 1. The highest BCUT2D eigenvalue weighted by Gasteiger charge is 2.05. The molecule has 1 heterocycles. The SMILES string of the molecule is CC(N)c1ccc2c(=O)n(C)[nH]c2c1. The summed E-state index contributed by atoms with van der Waals surface area (Å²) >= 11 is 0. The van der Waals surface area contributed by atoms with Crippen LogP contribution in [0, 0.1) is 0 Å². The molecular formula is C10H13N3O. The van der Waals surface area contributed by atoms with Crippen LogP contribution in [0.1, 0.15) is 18.5 Å². The zero-order valence-electron chi connectivity index (χ0n) is 8.24. The van der Waals surface area contributed by atoms with Crippen LogP contribution in [0.25, 0.3) is 10.9 Å². The topological polar surface area (TPSA) is 63.8 Å². The Hall–Kier alpha value is -1.55. The van der Waals surface area contributed by atoms with Gasteiger partial charge >= 0.3 is 0 Å². The Morgan fingerprint density at radius 1 is 1.50 bits per heavy atom. The Labute approximate surface area is 81.3 Å². The Morgan fingerprint density at radius 2 is 2.21 bits per heavy atom. The third-order valence-electron chi connectivity index (χ3n) is 2.39. The minimum absolute atomic E-state index is 0.00350. The molecule has 0 saturated heterocycles. The van der Waals surface area contributed by atoms with E-state index in [1.165, 1.54) is 4.68 Å². The molecule has 74 valence electrons. The molecular weight excluding hydrogens is 178 g/mol. The summed E-state index contributed by atoms with van der Waals surface area (Å²) in [5, 5.41) is 3.68. The molecule has 1 atom stereocenters. The number of aromatic amines is 1. The molecule has 0 radical (unpaired) electrons. The first kappa shape index (κ1) is 9.02. The molecule has 1 aromatic carbocycles. The zero-order chi connectivity index (χ0) is 10.3. The lowest BCUT2D eigenvalue weighted by Crippen LogP contribution is -2.11. The molecule has 0 fully saturated rings. The number of benzene rings is 1. The summed E-state index contributed by atoms with van der Waals surface area (Å²) in [5.41, 5.74) is 7.61. The molecule has 0 aliphatic rings. The van der Waals surface area contributed by atoms with Gasteiger partial charge in [-0.3, -0.25) is 14.6 Å². The van der Waals surface area contributed by atoms with Gasteiger partial charge in [-0.1, -0.05) is 6.07 Å². The highest BCUT2D eigenvalue weighted by molar-refractivity contribution is 5.78. The summed E-state index contributed by atoms with van der Waals surface area (Å²) in [7, 11) is 1.70. The summed E-state index contributed by atoms with van der Waals surface area (Å²) in [6.07, 6.45) is 0. The molecule has 0 spiro atoms. The third kappa shape index (κ3) is 1.24. The van der Waals surface area contributed by atoms with Crippen molar-refractivity contribution in [2.45, 2.75) is 13.0 Å². The minimum Gasteiger partial charge on any atom is -0.324 e. The predicted molar refractivity (Wildman–Crippen MR) is 56.1 cm³/mol. The van der Waals surface area contributed by atoms with E-state index in [0.717, 1.165) is 11.1 Å². The molecule has 14 heavy (non-hydrogen) atoms. The van der Waals surface area contributed by atoms with E-state index in [1.54, 1.807) is 7.05 Å². The van der Waals surface area contributed by atoms with Crippen molar-refractivity contribution in [2.24, 2.45) is 12.8 Å². The van der Waals surface area contributed by atoms with Crippen LogP contribution in [0.15, 0.2) is 23.0 Å². The van der Waals surface area contributed by atoms with Crippen LogP contribution in [0.5, 0.6) is 0 Å². The average Bonchev–Trinajstić information content (AvgIpc) is 2.42. The number of nitrogens with one attached hydrogen (secondary N) is 1. The second kappa shape index (κ2) is 2.99. The van der Waals surface area contributed by atoms with Gasteiger partial charge in [0.2, 0.25) is 0 Å². The molecule has 0 aliphatic heterocycles. The Kier molecular flexibility index (Phi) is 1.93. The van der Waals surface area contributed by atoms with E-state index in [9.17, 15) is 4.79 Å². The van der Waals surface area contributed by atoms with Crippen molar-refractivity contribution in [1.29, 1.82) is 0 Å². The summed E-state index contributed by atoms with van der Waals surface area (Å²) in [6, 6.07) is 5.61. The quantitative estimate of drug-likeness (QED) is 0.703. The van der Waals surface area contributed by atoms with Gasteiger partial charge in [-0.15, -0.1) is 0 Å². The van der Waals surface area contributed by atoms with Crippen LogP contribution >= 0.6 is 0 Å². The van der Waals surface area contributed by atoms with Crippen molar-refractivity contribution < 1.29 is 0 Å². The lowest BCUT2D eigenvalue weighted by Gasteiger charge is -2.03. The van der Waals surface area contributed by atoms with Gasteiger partial charge < -0.3 is 5.73 Å². The number of hydrogen-bond donors (Lipinski definition) is 2. The number of nitrogens with two attached hydrogens (primary N) is 1. The second-order valence-electron chi connectivity index (χ2n) is 3.57. The van der Waals surface area contributed by atoms with Crippen molar-refractivity contribution >= 4 is 10.9 Å². The van der Waals surface area contributed by atoms with Crippen molar-refractivity contribution in [2.75, 3.05) is 0 Å². The lowest BCUT2D eigenvalue weighted by molar-refractivity contribution is 0.750. The fourth-order valence-corrected chi connectivity index (χ4v) is 1.54. The van der Waals surface area contributed by atoms with E-state index in [0.29, 0.717) is 5.39 Å². The molecule has 0 amide bonds. The number of nitrogens with zero attached hydrogens (tertiary/aromatic N) is 1. The smallest absolute Gasteiger partial charge is 0.274 e. The molecule has 0 bridgehead atoms. The van der Waals surface area contributed by atoms with E-state index >= 15 is 0 Å². The van der Waals surface area contributed by atoms with Gasteiger partial charge in [0.15, 0.2) is 0 Å². The molecule has 0 saturated carbocycles. The van der Waals surface area contributed by atoms with E-state index in [2.05, 4.69) is 5.10 Å². The maximum Gasteiger partial charge on any atom is 0.274 e. The van der Waals surface area contributed by atoms with Gasteiger partial charge in [-0.25, -0.2) is 0 Å². The number of hydrogen-bond acceptors (Lipinski definition) is 2. The fraction of sp³-hybridized carbons (Fsp3) is 0.300. The van der Waals surface area contributed by atoms with E-state index in [4.69, 9.17) is 5.73 Å². The monoisotopic (exact) mass is 191 g/mol. The van der Waals surface area contributed by atoms with Gasteiger partial charge in [0, 0.05) is 13.1 Å². The second-order valence-corrected chi connectivity index (χ2v) is 3.57. The summed E-state index contributed by atoms with van der Waals surface area (Å²) < 4.78 is 1.47. The molecule has 0 aliphatic carbocycles. The molecule has 1 unspecified atom stereocenters. The summed E-state index contributed by atoms with van der Waals surface area (Å²) in [5.74, 6) is 0. The normalized spacial score (nSPS) is 13.4. The minimum atomic E-state index is -0.0110. The first-order valence-electron chi connectivity index (χ1n) is 4.54. The van der Waals surface area contributed by atoms with Crippen molar-refractivity contribution in [3.05, 3.63) is 34.1 Å². The molecule has 2 aromatic rings. The van der Waals surface area contributed by atoms with Crippen molar-refractivity contribution in [3.8, 4) is 0 Å². The Morgan fingerprint density at radius 3 is 2.86 bits per heavy atom. The fourth-order valence-electron chi connectivity index (χ4n) is 1.54. The molecule has 4 heteroatoms. The van der Waals surface area contributed by atoms with Crippen LogP contribution in [-0.2, 0) is 7.05 Å². The summed E-state index contributed by atoms with van der Waals surface area (Å²) in [4.78, 5) is 11.5. The van der Waals surface area contributed by atoms with Gasteiger partial charge in [0.25, 0.3) is 5.56 Å². The largest absolute Gasteiger partial charge is 0.324 e. The van der Waals surface area contributed by atoms with Gasteiger partial charge in [-0.2, -0.15) is 0 Å². The number of H-pyrrole nitrogens is 1. The van der Waals surface area contributed by atoms with Crippen molar-refractivity contribution in [3.63, 3.8) is 0 Å². The average molecular weight is 191 g/mol. The highest BCUT2D eigenvalue weighted by Crippen LogP contribution is 2.14. The third-order valence-corrected chi connectivity index (χ3v) is 2.39. The number of aromatic nitrogens is 2. The van der Waals surface area contributed by atoms with Crippen LogP contribution in [-0.4, -0.2) is 9.78 Å². The van der Waals surface area contributed by atoms with Gasteiger partial charge in [0.05, 0.1) is 10.9 Å². The molecule has 3 N–H and O–H groups in total.